The minimum absolute atomic E-state index is 0.354. The van der Waals surface area contributed by atoms with Crippen molar-refractivity contribution >= 4 is 5.96 Å². The second-order valence-electron chi connectivity index (χ2n) is 5.30. The van der Waals surface area contributed by atoms with E-state index < -0.39 is 5.82 Å². The molecule has 0 saturated carbocycles. The van der Waals surface area contributed by atoms with Crippen molar-refractivity contribution in [3.63, 3.8) is 0 Å². The number of nitrogens with one attached hydrogen (secondary N) is 2. The third-order valence-corrected chi connectivity index (χ3v) is 3.74. The summed E-state index contributed by atoms with van der Waals surface area (Å²) in [6.07, 6.45) is 1.59. The summed E-state index contributed by atoms with van der Waals surface area (Å²) in [7, 11) is 1.67. The molecular formula is C17H23FN4O2. The largest absolute Gasteiger partial charge is 0.505 e. The van der Waals surface area contributed by atoms with Crippen molar-refractivity contribution in [3.8, 4) is 5.75 Å². The fraction of sp³-hybridized carbons (Fsp3) is 0.412. The van der Waals surface area contributed by atoms with Crippen LogP contribution in [0, 0.1) is 5.82 Å². The van der Waals surface area contributed by atoms with Crippen molar-refractivity contribution in [2.75, 3.05) is 7.05 Å². The lowest BCUT2D eigenvalue weighted by Gasteiger charge is -2.12. The molecule has 0 amide bonds. The van der Waals surface area contributed by atoms with Gasteiger partial charge in [0.2, 0.25) is 0 Å². The number of aryl methyl sites for hydroxylation is 2. The molecule has 6 nitrogen and oxygen atoms in total. The molecule has 1 aromatic carbocycles. The molecule has 0 aliphatic heterocycles. The zero-order valence-electron chi connectivity index (χ0n) is 14.2. The van der Waals surface area contributed by atoms with Gasteiger partial charge in [-0.3, -0.25) is 4.99 Å². The summed E-state index contributed by atoms with van der Waals surface area (Å²) < 4.78 is 18.7. The lowest BCUT2D eigenvalue weighted by molar-refractivity contribution is 0.380. The van der Waals surface area contributed by atoms with Gasteiger partial charge in [0, 0.05) is 32.1 Å². The normalized spacial score (nSPS) is 11.6. The minimum Gasteiger partial charge on any atom is -0.505 e. The van der Waals surface area contributed by atoms with E-state index >= 15 is 0 Å². The molecule has 130 valence electrons. The van der Waals surface area contributed by atoms with E-state index in [9.17, 15) is 9.50 Å². The molecule has 0 unspecified atom stereocenters. The first-order valence-corrected chi connectivity index (χ1v) is 7.97. The van der Waals surface area contributed by atoms with Crippen LogP contribution >= 0.6 is 0 Å². The highest BCUT2D eigenvalue weighted by Crippen LogP contribution is 2.16. The van der Waals surface area contributed by atoms with Crippen LogP contribution in [0.15, 0.2) is 27.7 Å². The molecule has 0 aliphatic carbocycles. The highest BCUT2D eigenvalue weighted by Gasteiger charge is 2.13. The Morgan fingerprint density at radius 2 is 2.00 bits per heavy atom. The molecule has 0 fully saturated rings. The number of nitrogens with zero attached hydrogens (tertiary/aromatic N) is 2. The van der Waals surface area contributed by atoms with Crippen LogP contribution in [0.3, 0.4) is 0 Å². The van der Waals surface area contributed by atoms with Gasteiger partial charge in [-0.2, -0.15) is 0 Å². The summed E-state index contributed by atoms with van der Waals surface area (Å²) in [5.41, 5.74) is 2.70. The van der Waals surface area contributed by atoms with Crippen LogP contribution < -0.4 is 10.6 Å². The van der Waals surface area contributed by atoms with E-state index in [-0.39, 0.29) is 5.75 Å². The SMILES string of the molecule is CCc1noc(CC)c1CNC(=NC)NCc1ccc(O)c(F)c1. The summed E-state index contributed by atoms with van der Waals surface area (Å²) in [5.74, 6) is 0.471. The standard InChI is InChI=1S/C17H23FN4O2/c1-4-14-12(16(5-2)24-22-14)10-21-17(19-3)20-9-11-6-7-15(23)13(18)8-11/h6-8,23H,4-5,9-10H2,1-3H3,(H2,19,20,21). The summed E-state index contributed by atoms with van der Waals surface area (Å²) in [5, 5.41) is 19.6. The molecular weight excluding hydrogens is 311 g/mol. The lowest BCUT2D eigenvalue weighted by atomic mass is 10.1. The van der Waals surface area contributed by atoms with Crippen LogP contribution in [-0.4, -0.2) is 23.3 Å². The van der Waals surface area contributed by atoms with E-state index in [0.717, 1.165) is 29.9 Å². The van der Waals surface area contributed by atoms with Gasteiger partial charge >= 0.3 is 0 Å². The van der Waals surface area contributed by atoms with Crippen molar-refractivity contribution in [1.82, 2.24) is 15.8 Å². The van der Waals surface area contributed by atoms with Gasteiger partial charge in [-0.05, 0) is 24.1 Å². The fourth-order valence-electron chi connectivity index (χ4n) is 2.38. The van der Waals surface area contributed by atoms with E-state index in [1.165, 1.54) is 12.1 Å². The fourth-order valence-corrected chi connectivity index (χ4v) is 2.38. The Hall–Kier alpha value is -2.57. The van der Waals surface area contributed by atoms with Crippen LogP contribution in [0.4, 0.5) is 4.39 Å². The molecule has 0 bridgehead atoms. The second kappa shape index (κ2) is 8.33. The molecule has 1 aromatic heterocycles. The average molecular weight is 334 g/mol. The number of aromatic hydroxyl groups is 1. The molecule has 24 heavy (non-hydrogen) atoms. The number of phenols is 1. The zero-order chi connectivity index (χ0) is 17.5. The van der Waals surface area contributed by atoms with E-state index in [2.05, 4.69) is 20.8 Å². The maximum Gasteiger partial charge on any atom is 0.191 e. The summed E-state index contributed by atoms with van der Waals surface area (Å²) in [6.45, 7) is 5.00. The van der Waals surface area contributed by atoms with Gasteiger partial charge in [0.25, 0.3) is 0 Å². The van der Waals surface area contributed by atoms with Crippen molar-refractivity contribution in [3.05, 3.63) is 46.6 Å². The monoisotopic (exact) mass is 334 g/mol. The minimum atomic E-state index is -0.637. The van der Waals surface area contributed by atoms with Crippen molar-refractivity contribution in [2.24, 2.45) is 4.99 Å². The summed E-state index contributed by atoms with van der Waals surface area (Å²) in [4.78, 5) is 4.15. The molecule has 2 rings (SSSR count). The maximum absolute atomic E-state index is 13.3. The van der Waals surface area contributed by atoms with Crippen LogP contribution in [0.5, 0.6) is 5.75 Å². The highest BCUT2D eigenvalue weighted by atomic mass is 19.1. The van der Waals surface area contributed by atoms with E-state index in [4.69, 9.17) is 4.52 Å². The Bertz CT molecular complexity index is 691. The molecule has 0 radical (unpaired) electrons. The van der Waals surface area contributed by atoms with Gasteiger partial charge in [-0.15, -0.1) is 0 Å². The third-order valence-electron chi connectivity index (χ3n) is 3.74. The molecule has 7 heteroatoms. The van der Waals surface area contributed by atoms with Gasteiger partial charge in [-0.25, -0.2) is 4.39 Å². The molecule has 2 aromatic rings. The number of hydrogen-bond acceptors (Lipinski definition) is 4. The summed E-state index contributed by atoms with van der Waals surface area (Å²) in [6, 6.07) is 4.28. The number of rotatable bonds is 6. The Balaban J connectivity index is 1.95. The van der Waals surface area contributed by atoms with E-state index in [0.29, 0.717) is 24.6 Å². The number of halogens is 1. The van der Waals surface area contributed by atoms with E-state index in [1.807, 2.05) is 13.8 Å². The Labute approximate surface area is 140 Å². The van der Waals surface area contributed by atoms with Crippen molar-refractivity contribution < 1.29 is 14.0 Å². The van der Waals surface area contributed by atoms with Gasteiger partial charge in [-0.1, -0.05) is 25.1 Å². The number of guanidine groups is 1. The van der Waals surface area contributed by atoms with E-state index in [1.54, 1.807) is 13.1 Å². The van der Waals surface area contributed by atoms with Crippen molar-refractivity contribution in [2.45, 2.75) is 39.8 Å². The lowest BCUT2D eigenvalue weighted by Crippen LogP contribution is -2.36. The topological polar surface area (TPSA) is 82.7 Å². The molecule has 0 atom stereocenters. The Morgan fingerprint density at radius 1 is 1.25 bits per heavy atom. The Kier molecular flexibility index (Phi) is 6.17. The van der Waals surface area contributed by atoms with Gasteiger partial charge in [0.1, 0.15) is 5.76 Å². The zero-order valence-corrected chi connectivity index (χ0v) is 14.2. The molecule has 1 heterocycles. The van der Waals surface area contributed by atoms with Gasteiger partial charge in [0.15, 0.2) is 17.5 Å². The van der Waals surface area contributed by atoms with Crippen LogP contribution in [-0.2, 0) is 25.9 Å². The van der Waals surface area contributed by atoms with Gasteiger partial charge < -0.3 is 20.3 Å². The quantitative estimate of drug-likeness (QED) is 0.558. The number of hydrogen-bond donors (Lipinski definition) is 3. The number of aromatic nitrogens is 1. The first kappa shape index (κ1) is 17.8. The second-order valence-corrected chi connectivity index (χ2v) is 5.30. The number of phenolic OH excluding ortho intramolecular Hbond substituents is 1. The predicted octanol–water partition coefficient (Wildman–Crippen LogP) is 2.51. The number of aliphatic imine (C=N–C) groups is 1. The predicted molar refractivity (Wildman–Crippen MR) is 90.4 cm³/mol. The smallest absolute Gasteiger partial charge is 0.191 e. The summed E-state index contributed by atoms with van der Waals surface area (Å²) >= 11 is 0. The van der Waals surface area contributed by atoms with Crippen LogP contribution in [0.2, 0.25) is 0 Å². The maximum atomic E-state index is 13.3. The molecule has 0 spiro atoms. The van der Waals surface area contributed by atoms with Crippen LogP contribution in [0.25, 0.3) is 0 Å². The molecule has 0 saturated heterocycles. The van der Waals surface area contributed by atoms with Gasteiger partial charge in [0.05, 0.1) is 5.69 Å². The van der Waals surface area contributed by atoms with Crippen LogP contribution in [0.1, 0.15) is 36.4 Å². The Morgan fingerprint density at radius 3 is 2.62 bits per heavy atom. The number of benzene rings is 1. The average Bonchev–Trinajstić information content (AvgIpc) is 3.00. The first-order valence-electron chi connectivity index (χ1n) is 7.97. The third kappa shape index (κ3) is 4.24. The van der Waals surface area contributed by atoms with Crippen molar-refractivity contribution in [1.29, 1.82) is 0 Å². The highest BCUT2D eigenvalue weighted by molar-refractivity contribution is 5.79. The molecule has 0 aliphatic rings. The first-order chi connectivity index (χ1) is 11.6. The molecule has 3 N–H and O–H groups in total.